The maximum Gasteiger partial charge on any atom is 0.282 e. The van der Waals surface area contributed by atoms with E-state index in [0.29, 0.717) is 5.33 Å². The van der Waals surface area contributed by atoms with Crippen LogP contribution in [0.3, 0.4) is 0 Å². The highest BCUT2D eigenvalue weighted by molar-refractivity contribution is 9.08. The molecule has 0 N–H and O–H groups in total. The Bertz CT molecular complexity index is 664. The number of halogens is 1. The number of benzene rings is 2. The van der Waals surface area contributed by atoms with Crippen LogP contribution in [0, 0.1) is 0 Å². The Morgan fingerprint density at radius 1 is 1.00 bits per heavy atom. The molecule has 5 heteroatoms. The topological polar surface area (TPSA) is 46.5 Å². The average molecular weight is 338 g/mol. The van der Waals surface area contributed by atoms with Crippen LogP contribution in [-0.4, -0.2) is 14.6 Å². The molecule has 0 aliphatic carbocycles. The third-order valence-corrected chi connectivity index (χ3v) is 4.41. The van der Waals surface area contributed by atoms with Gasteiger partial charge in [0.1, 0.15) is 0 Å². The summed E-state index contributed by atoms with van der Waals surface area (Å²) in [6.07, 6.45) is 1.35. The predicted molar refractivity (Wildman–Crippen MR) is 80.3 cm³/mol. The van der Waals surface area contributed by atoms with Gasteiger partial charge >= 0.3 is 0 Å². The van der Waals surface area contributed by atoms with Crippen LogP contribution in [-0.2, 0) is 15.4 Å². The van der Waals surface area contributed by atoms with E-state index in [9.17, 15) is 8.42 Å². The third kappa shape index (κ3) is 3.75. The summed E-state index contributed by atoms with van der Waals surface area (Å²) in [5.41, 5.74) is 1.77. The molecule has 2 rings (SSSR count). The van der Waals surface area contributed by atoms with E-state index < -0.39 is 10.0 Å². The fourth-order valence-corrected chi connectivity index (χ4v) is 2.72. The first kappa shape index (κ1) is 14.0. The quantitative estimate of drug-likeness (QED) is 0.634. The van der Waals surface area contributed by atoms with E-state index in [2.05, 4.69) is 20.3 Å². The predicted octanol–water partition coefficient (Wildman–Crippen LogP) is 3.39. The maximum absolute atomic E-state index is 12.0. The van der Waals surface area contributed by atoms with E-state index in [1.807, 2.05) is 18.2 Å². The molecule has 98 valence electrons. The minimum absolute atomic E-state index is 0.199. The Hall–Kier alpha value is -1.46. The van der Waals surface area contributed by atoms with Crippen LogP contribution >= 0.6 is 15.9 Å². The zero-order valence-corrected chi connectivity index (χ0v) is 12.4. The van der Waals surface area contributed by atoms with E-state index in [4.69, 9.17) is 0 Å². The van der Waals surface area contributed by atoms with Crippen molar-refractivity contribution in [2.75, 3.05) is 0 Å². The first-order valence-corrected chi connectivity index (χ1v) is 8.18. The molecule has 2 aromatic carbocycles. The minimum Gasteiger partial charge on any atom is -0.199 e. The van der Waals surface area contributed by atoms with Gasteiger partial charge in [-0.1, -0.05) is 58.4 Å². The summed E-state index contributed by atoms with van der Waals surface area (Å²) in [4.78, 5) is 0.199. The van der Waals surface area contributed by atoms with Crippen LogP contribution in [0.4, 0.5) is 0 Å². The summed E-state index contributed by atoms with van der Waals surface area (Å²) < 4.78 is 27.7. The lowest BCUT2D eigenvalue weighted by Crippen LogP contribution is -1.98. The second-order valence-electron chi connectivity index (χ2n) is 3.90. The first-order valence-electron chi connectivity index (χ1n) is 5.62. The zero-order chi connectivity index (χ0) is 13.7. The molecule has 0 atom stereocenters. The lowest BCUT2D eigenvalue weighted by atomic mass is 10.2. The molecule has 2 aromatic rings. The van der Waals surface area contributed by atoms with Gasteiger partial charge in [0, 0.05) is 11.5 Å². The molecule has 0 amide bonds. The molecule has 0 spiro atoms. The van der Waals surface area contributed by atoms with Gasteiger partial charge in [0.2, 0.25) is 0 Å². The number of hydrogen-bond donors (Lipinski definition) is 0. The Balaban J connectivity index is 2.25. The van der Waals surface area contributed by atoms with E-state index in [1.54, 1.807) is 36.4 Å². The lowest BCUT2D eigenvalue weighted by molar-refractivity contribution is 0.598. The largest absolute Gasteiger partial charge is 0.282 e. The summed E-state index contributed by atoms with van der Waals surface area (Å²) in [6.45, 7) is 0. The van der Waals surface area contributed by atoms with E-state index >= 15 is 0 Å². The molecule has 0 bridgehead atoms. The van der Waals surface area contributed by atoms with Gasteiger partial charge in [0.15, 0.2) is 0 Å². The van der Waals surface area contributed by atoms with E-state index in [1.165, 1.54) is 6.21 Å². The summed E-state index contributed by atoms with van der Waals surface area (Å²) in [5.74, 6) is 0. The van der Waals surface area contributed by atoms with Crippen molar-refractivity contribution < 1.29 is 8.42 Å². The molecule has 3 nitrogen and oxygen atoms in total. The average Bonchev–Trinajstić information content (AvgIpc) is 2.46. The molecule has 0 unspecified atom stereocenters. The van der Waals surface area contributed by atoms with E-state index in [-0.39, 0.29) is 4.90 Å². The standard InChI is InChI=1S/C14H12BrNO2S/c15-10-12-6-8-14(9-7-12)19(17,18)16-11-13-4-2-1-3-5-13/h1-9,11H,10H2. The molecule has 19 heavy (non-hydrogen) atoms. The second-order valence-corrected chi connectivity index (χ2v) is 6.09. The Morgan fingerprint density at radius 3 is 2.21 bits per heavy atom. The van der Waals surface area contributed by atoms with Crippen LogP contribution in [0.1, 0.15) is 11.1 Å². The van der Waals surface area contributed by atoms with Crippen molar-refractivity contribution in [3.05, 3.63) is 65.7 Å². The second kappa shape index (κ2) is 6.12. The van der Waals surface area contributed by atoms with Crippen LogP contribution in [0.15, 0.2) is 63.9 Å². The number of hydrogen-bond acceptors (Lipinski definition) is 2. The van der Waals surface area contributed by atoms with Crippen molar-refractivity contribution >= 4 is 32.2 Å². The van der Waals surface area contributed by atoms with Crippen molar-refractivity contribution in [3.63, 3.8) is 0 Å². The first-order chi connectivity index (χ1) is 9.12. The van der Waals surface area contributed by atoms with Crippen LogP contribution in [0.25, 0.3) is 0 Å². The van der Waals surface area contributed by atoms with Gasteiger partial charge < -0.3 is 0 Å². The van der Waals surface area contributed by atoms with Gasteiger partial charge in [0.05, 0.1) is 4.90 Å². The smallest absolute Gasteiger partial charge is 0.199 e. The summed E-state index contributed by atoms with van der Waals surface area (Å²) in [6, 6.07) is 15.8. The molecule has 0 aliphatic rings. The number of alkyl halides is 1. The van der Waals surface area contributed by atoms with Gasteiger partial charge in [-0.15, -0.1) is 0 Å². The monoisotopic (exact) mass is 337 g/mol. The van der Waals surface area contributed by atoms with Crippen molar-refractivity contribution in [2.45, 2.75) is 10.2 Å². The van der Waals surface area contributed by atoms with Gasteiger partial charge in [0.25, 0.3) is 10.0 Å². The fourth-order valence-electron chi connectivity index (χ4n) is 1.48. The Morgan fingerprint density at radius 2 is 1.63 bits per heavy atom. The maximum atomic E-state index is 12.0. The van der Waals surface area contributed by atoms with Crippen molar-refractivity contribution in [1.29, 1.82) is 0 Å². The number of rotatable bonds is 4. The molecular weight excluding hydrogens is 326 g/mol. The van der Waals surface area contributed by atoms with Crippen LogP contribution in [0.5, 0.6) is 0 Å². The van der Waals surface area contributed by atoms with Crippen molar-refractivity contribution in [1.82, 2.24) is 0 Å². The highest BCUT2D eigenvalue weighted by atomic mass is 79.9. The lowest BCUT2D eigenvalue weighted by Gasteiger charge is -2.00. The third-order valence-electron chi connectivity index (χ3n) is 2.52. The molecule has 0 heterocycles. The highest BCUT2D eigenvalue weighted by Gasteiger charge is 2.10. The Kier molecular flexibility index (Phi) is 4.50. The molecule has 0 radical (unpaired) electrons. The highest BCUT2D eigenvalue weighted by Crippen LogP contribution is 2.15. The van der Waals surface area contributed by atoms with Crippen molar-refractivity contribution in [2.24, 2.45) is 4.40 Å². The summed E-state index contributed by atoms with van der Waals surface area (Å²) in [5, 5.41) is 0.695. The minimum atomic E-state index is -3.63. The SMILES string of the molecule is O=S(=O)(N=Cc1ccccc1)c1ccc(CBr)cc1. The number of sulfonamides is 1. The summed E-state index contributed by atoms with van der Waals surface area (Å²) in [7, 11) is -3.63. The van der Waals surface area contributed by atoms with Gasteiger partial charge in [-0.2, -0.15) is 12.8 Å². The van der Waals surface area contributed by atoms with Gasteiger partial charge in [-0.05, 0) is 23.3 Å². The molecular formula is C14H12BrNO2S. The number of nitrogens with zero attached hydrogens (tertiary/aromatic N) is 1. The van der Waals surface area contributed by atoms with Gasteiger partial charge in [-0.3, -0.25) is 0 Å². The Labute approximate surface area is 121 Å². The normalized spacial score (nSPS) is 11.8. The van der Waals surface area contributed by atoms with Crippen molar-refractivity contribution in [3.8, 4) is 0 Å². The van der Waals surface area contributed by atoms with Crippen LogP contribution < -0.4 is 0 Å². The van der Waals surface area contributed by atoms with Crippen LogP contribution in [0.2, 0.25) is 0 Å². The molecule has 0 fully saturated rings. The molecule has 0 saturated carbocycles. The van der Waals surface area contributed by atoms with E-state index in [0.717, 1.165) is 11.1 Å². The zero-order valence-electron chi connectivity index (χ0n) is 10.0. The molecule has 0 saturated heterocycles. The van der Waals surface area contributed by atoms with Gasteiger partial charge in [-0.25, -0.2) is 0 Å². The molecule has 0 aliphatic heterocycles. The fraction of sp³-hybridized carbons (Fsp3) is 0.0714. The summed E-state index contributed by atoms with van der Waals surface area (Å²) >= 11 is 3.31. The molecule has 0 aromatic heterocycles.